The van der Waals surface area contributed by atoms with E-state index in [4.69, 9.17) is 0 Å². The van der Waals surface area contributed by atoms with Crippen LogP contribution in [0.15, 0.2) is 16.9 Å². The lowest BCUT2D eigenvalue weighted by molar-refractivity contribution is -0.139. The standard InChI is InChI=1S/C13H16N2O2/c16-12-5-4-10-8-15(7-6-11(10)14-12)13(17)9-2-1-3-9/h4-5,9H,1-3,6-8H2,(H,14,16). The van der Waals surface area contributed by atoms with Gasteiger partial charge in [-0.2, -0.15) is 0 Å². The number of rotatable bonds is 1. The highest BCUT2D eigenvalue weighted by molar-refractivity contribution is 5.79. The minimum Gasteiger partial charge on any atom is -0.338 e. The maximum atomic E-state index is 12.1. The summed E-state index contributed by atoms with van der Waals surface area (Å²) in [6.45, 7) is 1.39. The van der Waals surface area contributed by atoms with E-state index in [-0.39, 0.29) is 11.5 Å². The van der Waals surface area contributed by atoms with E-state index < -0.39 is 0 Å². The Labute approximate surface area is 99.6 Å². The third kappa shape index (κ3) is 1.88. The molecule has 90 valence electrons. The molecule has 0 aromatic carbocycles. The number of aromatic nitrogens is 1. The van der Waals surface area contributed by atoms with Gasteiger partial charge < -0.3 is 9.88 Å². The van der Waals surface area contributed by atoms with Crippen LogP contribution in [-0.2, 0) is 17.8 Å². The van der Waals surface area contributed by atoms with Gasteiger partial charge >= 0.3 is 0 Å². The summed E-state index contributed by atoms with van der Waals surface area (Å²) in [6, 6.07) is 3.38. The number of carbonyl (C=O) groups is 1. The van der Waals surface area contributed by atoms with Crippen LogP contribution in [-0.4, -0.2) is 22.3 Å². The number of nitrogens with one attached hydrogen (secondary N) is 1. The van der Waals surface area contributed by atoms with Crippen molar-refractivity contribution >= 4 is 5.91 Å². The highest BCUT2D eigenvalue weighted by Gasteiger charge is 2.31. The predicted molar refractivity (Wildman–Crippen MR) is 63.5 cm³/mol. The van der Waals surface area contributed by atoms with Crippen molar-refractivity contribution in [1.29, 1.82) is 0 Å². The maximum absolute atomic E-state index is 12.1. The molecule has 0 unspecified atom stereocenters. The Morgan fingerprint density at radius 1 is 1.35 bits per heavy atom. The summed E-state index contributed by atoms with van der Waals surface area (Å²) in [5.74, 6) is 0.562. The molecule has 1 aliphatic carbocycles. The lowest BCUT2D eigenvalue weighted by Gasteiger charge is -2.34. The molecule has 1 aromatic heterocycles. The van der Waals surface area contributed by atoms with Gasteiger partial charge in [-0.15, -0.1) is 0 Å². The molecule has 4 heteroatoms. The fourth-order valence-electron chi connectivity index (χ4n) is 2.55. The summed E-state index contributed by atoms with van der Waals surface area (Å²) in [5.41, 5.74) is 2.03. The van der Waals surface area contributed by atoms with E-state index in [1.807, 2.05) is 11.0 Å². The van der Waals surface area contributed by atoms with Crippen molar-refractivity contribution in [2.75, 3.05) is 6.54 Å². The van der Waals surface area contributed by atoms with Crippen molar-refractivity contribution in [2.45, 2.75) is 32.2 Å². The molecule has 1 aromatic rings. The summed E-state index contributed by atoms with van der Waals surface area (Å²) in [4.78, 5) is 28.1. The molecule has 1 N–H and O–H groups in total. The van der Waals surface area contributed by atoms with E-state index in [2.05, 4.69) is 4.98 Å². The Kier molecular flexibility index (Phi) is 2.50. The van der Waals surface area contributed by atoms with Gasteiger partial charge in [0, 0.05) is 37.2 Å². The van der Waals surface area contributed by atoms with Crippen LogP contribution in [0.25, 0.3) is 0 Å². The zero-order valence-electron chi connectivity index (χ0n) is 9.74. The number of carbonyl (C=O) groups excluding carboxylic acids is 1. The van der Waals surface area contributed by atoms with Gasteiger partial charge in [-0.1, -0.05) is 12.5 Å². The molecule has 0 saturated heterocycles. The molecule has 2 aliphatic rings. The molecular weight excluding hydrogens is 216 g/mol. The molecule has 0 bridgehead atoms. The second-order valence-corrected chi connectivity index (χ2v) is 4.96. The summed E-state index contributed by atoms with van der Waals surface area (Å²) in [5, 5.41) is 0. The summed E-state index contributed by atoms with van der Waals surface area (Å²) < 4.78 is 0. The Morgan fingerprint density at radius 3 is 2.88 bits per heavy atom. The number of fused-ring (bicyclic) bond motifs is 1. The molecule has 17 heavy (non-hydrogen) atoms. The van der Waals surface area contributed by atoms with Gasteiger partial charge in [0.25, 0.3) is 0 Å². The summed E-state index contributed by atoms with van der Waals surface area (Å²) >= 11 is 0. The monoisotopic (exact) mass is 232 g/mol. The minimum absolute atomic E-state index is 0.0532. The van der Waals surface area contributed by atoms with Crippen LogP contribution in [0, 0.1) is 5.92 Å². The summed E-state index contributed by atoms with van der Waals surface area (Å²) in [7, 11) is 0. The lowest BCUT2D eigenvalue weighted by Crippen LogP contribution is -2.42. The largest absolute Gasteiger partial charge is 0.338 e. The van der Waals surface area contributed by atoms with E-state index in [0.717, 1.165) is 37.1 Å². The van der Waals surface area contributed by atoms with Gasteiger partial charge in [0.05, 0.1) is 0 Å². The van der Waals surface area contributed by atoms with Gasteiger partial charge in [-0.25, -0.2) is 0 Å². The Hall–Kier alpha value is -1.58. The van der Waals surface area contributed by atoms with Gasteiger partial charge in [0.1, 0.15) is 0 Å². The molecule has 1 aliphatic heterocycles. The molecule has 1 fully saturated rings. The Bertz CT molecular complexity index is 502. The molecule has 2 heterocycles. The third-order valence-corrected chi connectivity index (χ3v) is 3.86. The van der Waals surface area contributed by atoms with E-state index in [0.29, 0.717) is 12.5 Å². The van der Waals surface area contributed by atoms with Crippen LogP contribution >= 0.6 is 0 Å². The van der Waals surface area contributed by atoms with Crippen LogP contribution in [0.1, 0.15) is 30.5 Å². The quantitative estimate of drug-likeness (QED) is 0.787. The molecular formula is C13H16N2O2. The van der Waals surface area contributed by atoms with Crippen LogP contribution in [0.4, 0.5) is 0 Å². The van der Waals surface area contributed by atoms with Crippen LogP contribution in [0.2, 0.25) is 0 Å². The number of amides is 1. The number of nitrogens with zero attached hydrogens (tertiary/aromatic N) is 1. The zero-order valence-corrected chi connectivity index (χ0v) is 9.74. The molecule has 4 nitrogen and oxygen atoms in total. The first kappa shape index (κ1) is 10.6. The van der Waals surface area contributed by atoms with Crippen LogP contribution in [0.3, 0.4) is 0 Å². The molecule has 0 atom stereocenters. The molecule has 0 radical (unpaired) electrons. The molecule has 1 amide bonds. The van der Waals surface area contributed by atoms with E-state index in [1.165, 1.54) is 12.5 Å². The van der Waals surface area contributed by atoms with Gasteiger partial charge in [-0.05, 0) is 18.4 Å². The maximum Gasteiger partial charge on any atom is 0.248 e. The van der Waals surface area contributed by atoms with Crippen molar-refractivity contribution in [2.24, 2.45) is 5.92 Å². The topological polar surface area (TPSA) is 53.2 Å². The van der Waals surface area contributed by atoms with Gasteiger partial charge in [0.2, 0.25) is 11.5 Å². The van der Waals surface area contributed by atoms with Crippen molar-refractivity contribution in [3.05, 3.63) is 33.7 Å². The van der Waals surface area contributed by atoms with Crippen molar-refractivity contribution in [3.8, 4) is 0 Å². The number of H-pyrrole nitrogens is 1. The Balaban J connectivity index is 1.78. The van der Waals surface area contributed by atoms with E-state index in [9.17, 15) is 9.59 Å². The second kappa shape index (κ2) is 4.02. The highest BCUT2D eigenvalue weighted by atomic mass is 16.2. The molecule has 3 rings (SSSR count). The first-order valence-electron chi connectivity index (χ1n) is 6.24. The van der Waals surface area contributed by atoms with Crippen molar-refractivity contribution < 1.29 is 4.79 Å². The fourth-order valence-corrected chi connectivity index (χ4v) is 2.55. The second-order valence-electron chi connectivity index (χ2n) is 4.96. The SMILES string of the molecule is O=C(C1CCC1)N1CCc2[nH]c(=O)ccc2C1. The van der Waals surface area contributed by atoms with E-state index in [1.54, 1.807) is 0 Å². The third-order valence-electron chi connectivity index (χ3n) is 3.86. The average molecular weight is 232 g/mol. The smallest absolute Gasteiger partial charge is 0.248 e. The zero-order chi connectivity index (χ0) is 11.8. The summed E-state index contributed by atoms with van der Waals surface area (Å²) in [6.07, 6.45) is 4.06. The predicted octanol–water partition coefficient (Wildman–Crippen LogP) is 1.06. The lowest BCUT2D eigenvalue weighted by atomic mass is 9.84. The normalized spacial score (nSPS) is 19.6. The molecule has 1 saturated carbocycles. The van der Waals surface area contributed by atoms with Crippen LogP contribution < -0.4 is 5.56 Å². The first-order chi connectivity index (χ1) is 8.24. The van der Waals surface area contributed by atoms with E-state index >= 15 is 0 Å². The average Bonchev–Trinajstić information content (AvgIpc) is 2.26. The minimum atomic E-state index is -0.0532. The first-order valence-corrected chi connectivity index (χ1v) is 6.24. The fraction of sp³-hybridized carbons (Fsp3) is 0.538. The Morgan fingerprint density at radius 2 is 2.18 bits per heavy atom. The molecule has 0 spiro atoms. The number of hydrogen-bond donors (Lipinski definition) is 1. The number of pyridine rings is 1. The van der Waals surface area contributed by atoms with Gasteiger partial charge in [-0.3, -0.25) is 9.59 Å². The van der Waals surface area contributed by atoms with Crippen molar-refractivity contribution in [3.63, 3.8) is 0 Å². The van der Waals surface area contributed by atoms with Gasteiger partial charge in [0.15, 0.2) is 0 Å². The number of aromatic amines is 1. The number of hydrogen-bond acceptors (Lipinski definition) is 2. The van der Waals surface area contributed by atoms with Crippen molar-refractivity contribution in [1.82, 2.24) is 9.88 Å². The van der Waals surface area contributed by atoms with Crippen LogP contribution in [0.5, 0.6) is 0 Å². The highest BCUT2D eigenvalue weighted by Crippen LogP contribution is 2.29.